The Hall–Kier alpha value is -1.75. The summed E-state index contributed by atoms with van der Waals surface area (Å²) in [6, 6.07) is 13.3. The fourth-order valence-electron chi connectivity index (χ4n) is 6.10. The molecule has 5 rings (SSSR count). The predicted octanol–water partition coefficient (Wildman–Crippen LogP) is 5.58. The van der Waals surface area contributed by atoms with Crippen LogP contribution in [-0.4, -0.2) is 41.6 Å². The molecule has 0 aromatic heterocycles. The van der Waals surface area contributed by atoms with Crippen molar-refractivity contribution in [3.05, 3.63) is 63.6 Å². The van der Waals surface area contributed by atoms with Crippen molar-refractivity contribution in [3.63, 3.8) is 0 Å². The van der Waals surface area contributed by atoms with Crippen LogP contribution in [0.2, 0.25) is 10.0 Å². The molecule has 0 radical (unpaired) electrons. The van der Waals surface area contributed by atoms with E-state index in [1.54, 1.807) is 18.2 Å². The van der Waals surface area contributed by atoms with Gasteiger partial charge in [0.25, 0.3) is 0 Å². The summed E-state index contributed by atoms with van der Waals surface area (Å²) in [4.78, 5) is 15.5. The molecule has 3 atom stereocenters. The molecule has 2 unspecified atom stereocenters. The first kappa shape index (κ1) is 23.0. The Balaban J connectivity index is 1.31. The lowest BCUT2D eigenvalue weighted by molar-refractivity contribution is -0.121. The third kappa shape index (κ3) is 5.18. The van der Waals surface area contributed by atoms with Crippen molar-refractivity contribution in [2.45, 2.75) is 56.4 Å². The predicted molar refractivity (Wildman–Crippen MR) is 133 cm³/mol. The zero-order valence-electron chi connectivity index (χ0n) is 18.9. The van der Waals surface area contributed by atoms with Gasteiger partial charge in [-0.1, -0.05) is 41.4 Å². The van der Waals surface area contributed by atoms with Gasteiger partial charge in [0.1, 0.15) is 5.75 Å². The molecule has 1 aliphatic heterocycles. The van der Waals surface area contributed by atoms with Crippen LogP contribution >= 0.6 is 23.2 Å². The molecule has 0 spiro atoms. The summed E-state index contributed by atoms with van der Waals surface area (Å²) in [5.41, 5.74) is 2.09. The molecule has 176 valence electrons. The smallest absolute Gasteiger partial charge is 0.224 e. The number of rotatable bonds is 6. The van der Waals surface area contributed by atoms with Crippen LogP contribution in [-0.2, 0) is 16.6 Å². The lowest BCUT2D eigenvalue weighted by atomic mass is 9.58. The van der Waals surface area contributed by atoms with Crippen molar-refractivity contribution in [2.75, 3.05) is 19.6 Å². The Morgan fingerprint density at radius 1 is 1.09 bits per heavy atom. The zero-order chi connectivity index (χ0) is 23.0. The van der Waals surface area contributed by atoms with Gasteiger partial charge >= 0.3 is 0 Å². The lowest BCUT2D eigenvalue weighted by Crippen LogP contribution is -2.56. The molecule has 3 aliphatic rings. The standard InChI is InChI=1S/C27H32Cl2N2O2/c28-24-9-6-19(12-25(24)29)13-26(33)30-22-8-7-21-17-31(16-18-4-5-18)11-10-27(21,15-22)20-2-1-3-23(32)14-20/h1-3,6,9,12,14,18,21-22,32H,4-5,7-8,10-11,13,15-17H2,(H,30,33)/t21?,22-,27?/m1/s1. The van der Waals surface area contributed by atoms with Gasteiger partial charge in [-0.25, -0.2) is 0 Å². The number of hydrogen-bond acceptors (Lipinski definition) is 3. The van der Waals surface area contributed by atoms with Crippen LogP contribution in [0.3, 0.4) is 0 Å². The molecule has 2 aliphatic carbocycles. The fraction of sp³-hybridized carbons (Fsp3) is 0.519. The number of likely N-dealkylation sites (tertiary alicyclic amines) is 1. The summed E-state index contributed by atoms with van der Waals surface area (Å²) in [5.74, 6) is 1.80. The molecule has 3 fully saturated rings. The molecule has 0 bridgehead atoms. The number of carbonyl (C=O) groups is 1. The van der Waals surface area contributed by atoms with Crippen LogP contribution in [0.4, 0.5) is 0 Å². The summed E-state index contributed by atoms with van der Waals surface area (Å²) in [6.45, 7) is 3.44. The first-order valence-electron chi connectivity index (χ1n) is 12.2. The summed E-state index contributed by atoms with van der Waals surface area (Å²) in [5, 5.41) is 14.5. The van der Waals surface area contributed by atoms with Gasteiger partial charge in [0.05, 0.1) is 16.5 Å². The lowest BCUT2D eigenvalue weighted by Gasteiger charge is -2.53. The van der Waals surface area contributed by atoms with E-state index in [2.05, 4.69) is 16.3 Å². The number of benzene rings is 2. The normalized spacial score (nSPS) is 27.7. The second-order valence-corrected chi connectivity index (χ2v) is 11.1. The van der Waals surface area contributed by atoms with Crippen LogP contribution in [0, 0.1) is 11.8 Å². The summed E-state index contributed by atoms with van der Waals surface area (Å²) < 4.78 is 0. The second kappa shape index (κ2) is 9.48. The van der Waals surface area contributed by atoms with E-state index in [-0.39, 0.29) is 17.4 Å². The highest BCUT2D eigenvalue weighted by molar-refractivity contribution is 6.42. The molecule has 2 aromatic rings. The minimum atomic E-state index is -0.00142. The number of halogens is 2. The number of nitrogens with one attached hydrogen (secondary N) is 1. The summed E-state index contributed by atoms with van der Waals surface area (Å²) in [6.07, 6.45) is 7.14. The Morgan fingerprint density at radius 2 is 1.94 bits per heavy atom. The highest BCUT2D eigenvalue weighted by Gasteiger charge is 2.48. The number of phenols is 1. The molecule has 33 heavy (non-hydrogen) atoms. The van der Waals surface area contributed by atoms with Gasteiger partial charge < -0.3 is 15.3 Å². The highest BCUT2D eigenvalue weighted by atomic mass is 35.5. The van der Waals surface area contributed by atoms with Crippen LogP contribution in [0.1, 0.15) is 49.7 Å². The van der Waals surface area contributed by atoms with E-state index >= 15 is 0 Å². The largest absolute Gasteiger partial charge is 0.508 e. The zero-order valence-corrected chi connectivity index (χ0v) is 20.4. The fourth-order valence-corrected chi connectivity index (χ4v) is 6.42. The number of carbonyl (C=O) groups excluding carboxylic acids is 1. The second-order valence-electron chi connectivity index (χ2n) is 10.3. The third-order valence-electron chi connectivity index (χ3n) is 7.96. The minimum Gasteiger partial charge on any atom is -0.508 e. The Morgan fingerprint density at radius 3 is 2.70 bits per heavy atom. The van der Waals surface area contributed by atoms with Crippen LogP contribution in [0.5, 0.6) is 5.75 Å². The van der Waals surface area contributed by atoms with Crippen LogP contribution in [0.25, 0.3) is 0 Å². The molecule has 6 heteroatoms. The number of fused-ring (bicyclic) bond motifs is 1. The van der Waals surface area contributed by atoms with Gasteiger partial charge in [-0.15, -0.1) is 0 Å². The average Bonchev–Trinajstić information content (AvgIpc) is 3.60. The van der Waals surface area contributed by atoms with E-state index in [0.29, 0.717) is 28.1 Å². The van der Waals surface area contributed by atoms with E-state index in [4.69, 9.17) is 23.2 Å². The van der Waals surface area contributed by atoms with Crippen LogP contribution < -0.4 is 5.32 Å². The maximum Gasteiger partial charge on any atom is 0.224 e. The van der Waals surface area contributed by atoms with Gasteiger partial charge in [0.2, 0.25) is 5.91 Å². The van der Waals surface area contributed by atoms with E-state index in [9.17, 15) is 9.90 Å². The molecule has 2 N–H and O–H groups in total. The van der Waals surface area contributed by atoms with Crippen molar-refractivity contribution in [1.29, 1.82) is 0 Å². The van der Waals surface area contributed by atoms with Crippen molar-refractivity contribution in [2.24, 2.45) is 11.8 Å². The number of phenolic OH excluding ortho intramolecular Hbond substituents is 1. The summed E-state index contributed by atoms with van der Waals surface area (Å²) >= 11 is 12.1. The van der Waals surface area contributed by atoms with Crippen molar-refractivity contribution in [1.82, 2.24) is 10.2 Å². The quantitative estimate of drug-likeness (QED) is 0.560. The van der Waals surface area contributed by atoms with Gasteiger partial charge in [0, 0.05) is 24.5 Å². The van der Waals surface area contributed by atoms with Gasteiger partial charge in [0.15, 0.2) is 0 Å². The SMILES string of the molecule is O=C(Cc1ccc(Cl)c(Cl)c1)N[C@@H]1CCC2CN(CC3CC3)CCC2(c2cccc(O)c2)C1. The summed E-state index contributed by atoms with van der Waals surface area (Å²) in [7, 11) is 0. The van der Waals surface area contributed by atoms with Gasteiger partial charge in [-0.2, -0.15) is 0 Å². The maximum absolute atomic E-state index is 12.9. The molecular weight excluding hydrogens is 455 g/mol. The van der Waals surface area contributed by atoms with E-state index in [1.165, 1.54) is 24.9 Å². The Labute approximate surface area is 206 Å². The number of aromatic hydroxyl groups is 1. The molecule has 1 amide bonds. The molecule has 4 nitrogen and oxygen atoms in total. The number of piperidine rings is 1. The first-order valence-corrected chi connectivity index (χ1v) is 12.9. The minimum absolute atomic E-state index is 0.00142. The van der Waals surface area contributed by atoms with E-state index in [0.717, 1.165) is 50.3 Å². The van der Waals surface area contributed by atoms with Gasteiger partial charge in [-0.05, 0) is 92.3 Å². The third-order valence-corrected chi connectivity index (χ3v) is 8.70. The Kier molecular flexibility index (Phi) is 6.61. The van der Waals surface area contributed by atoms with Gasteiger partial charge in [-0.3, -0.25) is 4.79 Å². The molecule has 1 saturated heterocycles. The number of amides is 1. The number of nitrogens with zero attached hydrogens (tertiary/aromatic N) is 1. The maximum atomic E-state index is 12.9. The molecule has 2 aromatic carbocycles. The first-order chi connectivity index (χ1) is 15.9. The van der Waals surface area contributed by atoms with Crippen molar-refractivity contribution in [3.8, 4) is 5.75 Å². The molecule has 2 saturated carbocycles. The van der Waals surface area contributed by atoms with Crippen LogP contribution in [0.15, 0.2) is 42.5 Å². The van der Waals surface area contributed by atoms with Crippen molar-refractivity contribution < 1.29 is 9.90 Å². The molecular formula is C27H32Cl2N2O2. The topological polar surface area (TPSA) is 52.6 Å². The highest BCUT2D eigenvalue weighted by Crippen LogP contribution is 2.50. The van der Waals surface area contributed by atoms with Crippen molar-refractivity contribution >= 4 is 29.1 Å². The monoisotopic (exact) mass is 486 g/mol. The number of hydrogen-bond donors (Lipinski definition) is 2. The van der Waals surface area contributed by atoms with E-state index < -0.39 is 0 Å². The average molecular weight is 487 g/mol. The Bertz CT molecular complexity index is 1020. The van der Waals surface area contributed by atoms with E-state index in [1.807, 2.05) is 18.2 Å². The molecule has 1 heterocycles.